The quantitative estimate of drug-likeness (QED) is 0.861. The Morgan fingerprint density at radius 3 is 2.35 bits per heavy atom. The van der Waals surface area contributed by atoms with Gasteiger partial charge in [-0.05, 0) is 6.92 Å². The summed E-state index contributed by atoms with van der Waals surface area (Å²) in [7, 11) is -4.07. The van der Waals surface area contributed by atoms with Crippen molar-refractivity contribution in [2.75, 3.05) is 0 Å². The van der Waals surface area contributed by atoms with E-state index in [2.05, 4.69) is 10.2 Å². The highest BCUT2D eigenvalue weighted by Gasteiger charge is 2.29. The molecule has 1 aromatic heterocycles. The molecule has 0 spiro atoms. The highest BCUT2D eigenvalue weighted by molar-refractivity contribution is 7.89. The lowest BCUT2D eigenvalue weighted by Crippen LogP contribution is -2.19. The van der Waals surface area contributed by atoms with Crippen LogP contribution in [0.15, 0.2) is 5.16 Å². The second-order valence-electron chi connectivity index (χ2n) is 3.30. The summed E-state index contributed by atoms with van der Waals surface area (Å²) in [4.78, 5) is 0. The average molecular weight is 272 g/mol. The molecule has 0 aliphatic rings. The van der Waals surface area contributed by atoms with Gasteiger partial charge in [0.05, 0.1) is 6.42 Å². The largest absolute Gasteiger partial charge is 0.389 e. The van der Waals surface area contributed by atoms with E-state index in [1.165, 1.54) is 0 Å². The molecular weight excluding hydrogens is 261 g/mol. The van der Waals surface area contributed by atoms with Crippen LogP contribution in [0, 0.1) is 0 Å². The molecule has 98 valence electrons. The van der Waals surface area contributed by atoms with Crippen LogP contribution in [0.2, 0.25) is 0 Å². The molecule has 1 heterocycles. The van der Waals surface area contributed by atoms with Crippen LogP contribution in [-0.4, -0.2) is 29.4 Å². The van der Waals surface area contributed by atoms with Crippen molar-refractivity contribution >= 4 is 10.0 Å². The van der Waals surface area contributed by atoms with Crippen molar-refractivity contribution < 1.29 is 21.6 Å². The van der Waals surface area contributed by atoms with E-state index in [0.29, 0.717) is 0 Å². The number of rotatable bonds is 4. The smallest absolute Gasteiger partial charge is 0.301 e. The summed E-state index contributed by atoms with van der Waals surface area (Å²) in [5.74, 6) is -0.0474. The fraction of sp³-hybridized carbons (Fsp3) is 0.714. The minimum Gasteiger partial charge on any atom is -0.301 e. The first-order chi connectivity index (χ1) is 7.65. The molecule has 0 unspecified atom stereocenters. The molecule has 2 N–H and O–H groups in total. The van der Waals surface area contributed by atoms with Gasteiger partial charge in [0.25, 0.3) is 15.2 Å². The SMILES string of the molecule is CCn1c(CCC(F)(F)F)nnc1S(N)(=O)=O. The highest BCUT2D eigenvalue weighted by atomic mass is 32.2. The van der Waals surface area contributed by atoms with Gasteiger partial charge in [-0.1, -0.05) is 0 Å². The molecule has 0 fully saturated rings. The number of hydrogen-bond acceptors (Lipinski definition) is 4. The highest BCUT2D eigenvalue weighted by Crippen LogP contribution is 2.22. The summed E-state index contributed by atoms with van der Waals surface area (Å²) < 4.78 is 59.2. The fourth-order valence-corrected chi connectivity index (χ4v) is 1.98. The molecule has 0 bridgehead atoms. The van der Waals surface area contributed by atoms with Gasteiger partial charge in [-0.3, -0.25) is 0 Å². The summed E-state index contributed by atoms with van der Waals surface area (Å²) in [6.45, 7) is 1.70. The summed E-state index contributed by atoms with van der Waals surface area (Å²) >= 11 is 0. The molecule has 0 amide bonds. The molecule has 0 atom stereocenters. The van der Waals surface area contributed by atoms with Crippen LogP contribution in [0.3, 0.4) is 0 Å². The molecule has 10 heteroatoms. The normalized spacial score (nSPS) is 13.0. The number of alkyl halides is 3. The summed E-state index contributed by atoms with van der Waals surface area (Å²) in [6.07, 6.45) is -5.85. The lowest BCUT2D eigenvalue weighted by Gasteiger charge is -2.07. The standard InChI is InChI=1S/C7H11F3N4O2S/c1-2-14-5(3-4-7(8,9)10)12-13-6(14)17(11,15)16/h2-4H2,1H3,(H2,11,15,16). The third-order valence-electron chi connectivity index (χ3n) is 2.00. The third kappa shape index (κ3) is 3.66. The van der Waals surface area contributed by atoms with E-state index in [1.54, 1.807) is 6.92 Å². The van der Waals surface area contributed by atoms with E-state index >= 15 is 0 Å². The maximum atomic E-state index is 12.0. The minimum absolute atomic E-state index is 0.0474. The van der Waals surface area contributed by atoms with Crippen molar-refractivity contribution in [3.8, 4) is 0 Å². The summed E-state index contributed by atoms with van der Waals surface area (Å²) in [5, 5.41) is 11.0. The second kappa shape index (κ2) is 4.61. The van der Waals surface area contributed by atoms with E-state index in [9.17, 15) is 21.6 Å². The van der Waals surface area contributed by atoms with E-state index in [-0.39, 0.29) is 12.4 Å². The summed E-state index contributed by atoms with van der Waals surface area (Å²) in [5.41, 5.74) is 0. The van der Waals surface area contributed by atoms with Crippen LogP contribution in [0.5, 0.6) is 0 Å². The molecule has 0 aliphatic heterocycles. The minimum atomic E-state index is -4.33. The van der Waals surface area contributed by atoms with E-state index in [0.717, 1.165) is 4.57 Å². The molecule has 1 rings (SSSR count). The third-order valence-corrected chi connectivity index (χ3v) is 2.81. The van der Waals surface area contributed by atoms with Crippen molar-refractivity contribution in [1.82, 2.24) is 14.8 Å². The van der Waals surface area contributed by atoms with Crippen LogP contribution in [0.4, 0.5) is 13.2 Å². The van der Waals surface area contributed by atoms with Gasteiger partial charge in [-0.25, -0.2) is 13.6 Å². The molecule has 1 aromatic rings. The predicted octanol–water partition coefficient (Wildman–Crippen LogP) is 0.440. The van der Waals surface area contributed by atoms with Crippen molar-refractivity contribution in [2.45, 2.75) is 37.6 Å². The van der Waals surface area contributed by atoms with Crippen LogP contribution in [0.25, 0.3) is 0 Å². The van der Waals surface area contributed by atoms with Crippen molar-refractivity contribution in [3.63, 3.8) is 0 Å². The molecular formula is C7H11F3N4O2S. The number of nitrogens with two attached hydrogens (primary N) is 1. The Morgan fingerprint density at radius 1 is 1.35 bits per heavy atom. The fourth-order valence-electron chi connectivity index (χ4n) is 1.29. The molecule has 0 aliphatic carbocycles. The number of hydrogen-bond donors (Lipinski definition) is 1. The number of primary sulfonamides is 1. The monoisotopic (exact) mass is 272 g/mol. The Kier molecular flexibility index (Phi) is 3.77. The van der Waals surface area contributed by atoms with Crippen LogP contribution in [0.1, 0.15) is 19.2 Å². The molecule has 0 saturated carbocycles. The molecule has 6 nitrogen and oxygen atoms in total. The zero-order valence-corrected chi connectivity index (χ0v) is 9.72. The van der Waals surface area contributed by atoms with Gasteiger partial charge in [0.2, 0.25) is 0 Å². The van der Waals surface area contributed by atoms with Gasteiger partial charge in [0.1, 0.15) is 5.82 Å². The van der Waals surface area contributed by atoms with Crippen molar-refractivity contribution in [3.05, 3.63) is 5.82 Å². The van der Waals surface area contributed by atoms with Gasteiger partial charge in [0.15, 0.2) is 0 Å². The van der Waals surface area contributed by atoms with Gasteiger partial charge in [-0.2, -0.15) is 13.2 Å². The van der Waals surface area contributed by atoms with Crippen molar-refractivity contribution in [1.29, 1.82) is 0 Å². The first-order valence-corrected chi connectivity index (χ1v) is 6.21. The Bertz CT molecular complexity index is 494. The molecule has 17 heavy (non-hydrogen) atoms. The first-order valence-electron chi connectivity index (χ1n) is 4.66. The van der Waals surface area contributed by atoms with Gasteiger partial charge in [-0.15, -0.1) is 10.2 Å². The van der Waals surface area contributed by atoms with Gasteiger partial charge in [0, 0.05) is 13.0 Å². The lowest BCUT2D eigenvalue weighted by molar-refractivity contribution is -0.134. The van der Waals surface area contributed by atoms with Crippen molar-refractivity contribution in [2.24, 2.45) is 5.14 Å². The van der Waals surface area contributed by atoms with Crippen LogP contribution in [-0.2, 0) is 23.0 Å². The molecule has 0 aromatic carbocycles. The number of halogens is 3. The zero-order valence-electron chi connectivity index (χ0n) is 8.90. The Balaban J connectivity index is 3.00. The first kappa shape index (κ1) is 13.9. The maximum Gasteiger partial charge on any atom is 0.389 e. The Labute approximate surface area is 95.7 Å². The van der Waals surface area contributed by atoms with E-state index < -0.39 is 34.2 Å². The van der Waals surface area contributed by atoms with Crippen LogP contribution >= 0.6 is 0 Å². The molecule has 0 saturated heterocycles. The van der Waals surface area contributed by atoms with E-state index in [1.807, 2.05) is 0 Å². The Hall–Kier alpha value is -1.16. The van der Waals surface area contributed by atoms with E-state index in [4.69, 9.17) is 5.14 Å². The predicted molar refractivity (Wildman–Crippen MR) is 51.4 cm³/mol. The number of sulfonamides is 1. The lowest BCUT2D eigenvalue weighted by atomic mass is 10.3. The number of aromatic nitrogens is 3. The van der Waals surface area contributed by atoms with Gasteiger partial charge >= 0.3 is 6.18 Å². The maximum absolute atomic E-state index is 12.0. The number of nitrogens with zero attached hydrogens (tertiary/aromatic N) is 3. The average Bonchev–Trinajstić information content (AvgIpc) is 2.55. The zero-order chi connectivity index (χ0) is 13.3. The summed E-state index contributed by atoms with van der Waals surface area (Å²) in [6, 6.07) is 0. The number of aryl methyl sites for hydroxylation is 1. The molecule has 0 radical (unpaired) electrons. The topological polar surface area (TPSA) is 90.9 Å². The Morgan fingerprint density at radius 2 is 1.94 bits per heavy atom. The van der Waals surface area contributed by atoms with Gasteiger partial charge < -0.3 is 4.57 Å². The van der Waals surface area contributed by atoms with Crippen LogP contribution < -0.4 is 5.14 Å². The second-order valence-corrected chi connectivity index (χ2v) is 4.76.